The Kier molecular flexibility index (Phi) is 4.40. The predicted molar refractivity (Wildman–Crippen MR) is 100 cm³/mol. The van der Waals surface area contributed by atoms with E-state index >= 15 is 0 Å². The van der Waals surface area contributed by atoms with Crippen LogP contribution >= 0.6 is 0 Å². The zero-order valence-electron chi connectivity index (χ0n) is 14.1. The summed E-state index contributed by atoms with van der Waals surface area (Å²) in [6, 6.07) is 17.4. The minimum absolute atomic E-state index is 0.152. The first kappa shape index (κ1) is 16.6. The van der Waals surface area contributed by atoms with Crippen molar-refractivity contribution in [1.29, 1.82) is 0 Å². The quantitative estimate of drug-likeness (QED) is 0.565. The summed E-state index contributed by atoms with van der Waals surface area (Å²) in [5.74, 6) is -0.183. The van der Waals surface area contributed by atoms with Gasteiger partial charge in [0.1, 0.15) is 5.82 Å². The number of amides is 1. The third-order valence-corrected chi connectivity index (χ3v) is 3.84. The number of benzene rings is 2. The van der Waals surface area contributed by atoms with Crippen molar-refractivity contribution in [3.8, 4) is 11.3 Å². The molecule has 4 aromatic rings. The van der Waals surface area contributed by atoms with E-state index in [1.807, 2.05) is 36.4 Å². The first-order valence-corrected chi connectivity index (χ1v) is 8.21. The van der Waals surface area contributed by atoms with Gasteiger partial charge in [-0.15, -0.1) is 5.10 Å². The maximum Gasteiger partial charge on any atom is 0.254 e. The zero-order chi connectivity index (χ0) is 18.6. The summed E-state index contributed by atoms with van der Waals surface area (Å²) in [6.45, 7) is 0. The minimum Gasteiger partial charge on any atom is -0.290 e. The standard InChI is InChI=1S/C20H14FN5O/c21-16-9-6-14(7-10-16)8-11-18(27)23-19-24-20-22-13-12-17(26(20)25-19)15-4-2-1-3-5-15/h1-13H,(H,23,25,27). The largest absolute Gasteiger partial charge is 0.290 e. The fourth-order valence-corrected chi connectivity index (χ4v) is 2.57. The van der Waals surface area contributed by atoms with Gasteiger partial charge in [-0.25, -0.2) is 9.37 Å². The molecule has 0 spiro atoms. The van der Waals surface area contributed by atoms with Gasteiger partial charge in [0, 0.05) is 17.8 Å². The lowest BCUT2D eigenvalue weighted by molar-refractivity contribution is -0.111. The van der Waals surface area contributed by atoms with Crippen molar-refractivity contribution >= 4 is 23.7 Å². The molecule has 6 nitrogen and oxygen atoms in total. The summed E-state index contributed by atoms with van der Waals surface area (Å²) in [4.78, 5) is 20.5. The van der Waals surface area contributed by atoms with E-state index in [1.165, 1.54) is 18.2 Å². The fraction of sp³-hybridized carbons (Fsp3) is 0. The number of nitrogens with zero attached hydrogens (tertiary/aromatic N) is 4. The van der Waals surface area contributed by atoms with Gasteiger partial charge in [0.15, 0.2) is 0 Å². The van der Waals surface area contributed by atoms with E-state index in [0.717, 1.165) is 11.3 Å². The molecule has 1 N–H and O–H groups in total. The average molecular weight is 359 g/mol. The minimum atomic E-state index is -0.392. The molecule has 0 aliphatic carbocycles. The van der Waals surface area contributed by atoms with E-state index < -0.39 is 5.91 Å². The van der Waals surface area contributed by atoms with Gasteiger partial charge in [0.2, 0.25) is 0 Å². The van der Waals surface area contributed by atoms with E-state index in [-0.39, 0.29) is 11.8 Å². The van der Waals surface area contributed by atoms with Gasteiger partial charge in [-0.1, -0.05) is 42.5 Å². The SMILES string of the molecule is O=C(C=Cc1ccc(F)cc1)Nc1nc2nccc(-c3ccccc3)n2n1. The van der Waals surface area contributed by atoms with Gasteiger partial charge >= 0.3 is 0 Å². The molecule has 2 aromatic heterocycles. The molecule has 2 heterocycles. The predicted octanol–water partition coefficient (Wildman–Crippen LogP) is 3.58. The highest BCUT2D eigenvalue weighted by Crippen LogP contribution is 2.19. The molecule has 0 bridgehead atoms. The lowest BCUT2D eigenvalue weighted by Gasteiger charge is -2.02. The third kappa shape index (κ3) is 3.72. The molecule has 0 aliphatic heterocycles. The average Bonchev–Trinajstić information content (AvgIpc) is 3.10. The second-order valence-electron chi connectivity index (χ2n) is 5.72. The lowest BCUT2D eigenvalue weighted by atomic mass is 10.1. The summed E-state index contributed by atoms with van der Waals surface area (Å²) in [6.07, 6.45) is 4.56. The second kappa shape index (κ2) is 7.17. The Morgan fingerprint density at radius 1 is 1.04 bits per heavy atom. The van der Waals surface area contributed by atoms with E-state index in [4.69, 9.17) is 0 Å². The molecule has 0 saturated heterocycles. The van der Waals surface area contributed by atoms with Crippen LogP contribution < -0.4 is 5.32 Å². The smallest absolute Gasteiger partial charge is 0.254 e. The van der Waals surface area contributed by atoms with Crippen molar-refractivity contribution in [3.05, 3.63) is 84.3 Å². The van der Waals surface area contributed by atoms with Gasteiger partial charge in [0.05, 0.1) is 5.69 Å². The molecule has 0 fully saturated rings. The van der Waals surface area contributed by atoms with Crippen molar-refractivity contribution in [2.24, 2.45) is 0 Å². The van der Waals surface area contributed by atoms with Crippen LogP contribution in [0.25, 0.3) is 23.1 Å². The zero-order valence-corrected chi connectivity index (χ0v) is 14.1. The van der Waals surface area contributed by atoms with E-state index in [1.54, 1.807) is 28.9 Å². The molecule has 4 rings (SSSR count). The number of hydrogen-bond donors (Lipinski definition) is 1. The Morgan fingerprint density at radius 2 is 1.81 bits per heavy atom. The number of carbonyl (C=O) groups is 1. The van der Waals surface area contributed by atoms with Gasteiger partial charge < -0.3 is 0 Å². The van der Waals surface area contributed by atoms with Crippen molar-refractivity contribution in [3.63, 3.8) is 0 Å². The second-order valence-corrected chi connectivity index (χ2v) is 5.72. The summed E-state index contributed by atoms with van der Waals surface area (Å²) < 4.78 is 14.5. The Balaban J connectivity index is 1.56. The topological polar surface area (TPSA) is 72.2 Å². The van der Waals surface area contributed by atoms with E-state index in [0.29, 0.717) is 11.3 Å². The highest BCUT2D eigenvalue weighted by molar-refractivity contribution is 6.01. The van der Waals surface area contributed by atoms with Crippen LogP contribution in [0.4, 0.5) is 10.3 Å². The van der Waals surface area contributed by atoms with Gasteiger partial charge in [0.25, 0.3) is 17.6 Å². The number of halogens is 1. The van der Waals surface area contributed by atoms with E-state index in [9.17, 15) is 9.18 Å². The molecule has 0 saturated carbocycles. The van der Waals surface area contributed by atoms with Crippen molar-refractivity contribution in [2.75, 3.05) is 5.32 Å². The Bertz CT molecular complexity index is 1120. The number of rotatable bonds is 4. The molecule has 0 aliphatic rings. The van der Waals surface area contributed by atoms with Crippen LogP contribution in [0.3, 0.4) is 0 Å². The highest BCUT2D eigenvalue weighted by Gasteiger charge is 2.10. The highest BCUT2D eigenvalue weighted by atomic mass is 19.1. The van der Waals surface area contributed by atoms with Crippen LogP contribution in [0.2, 0.25) is 0 Å². The number of fused-ring (bicyclic) bond motifs is 1. The Labute approximate surface area is 154 Å². The van der Waals surface area contributed by atoms with Crippen LogP contribution in [0, 0.1) is 5.82 Å². The molecule has 0 unspecified atom stereocenters. The summed E-state index contributed by atoms with van der Waals surface area (Å²) >= 11 is 0. The lowest BCUT2D eigenvalue weighted by Crippen LogP contribution is -2.09. The Morgan fingerprint density at radius 3 is 2.59 bits per heavy atom. The fourth-order valence-electron chi connectivity index (χ4n) is 2.57. The molecule has 7 heteroatoms. The molecule has 1 amide bonds. The first-order chi connectivity index (χ1) is 13.2. The van der Waals surface area contributed by atoms with Gasteiger partial charge in [-0.3, -0.25) is 10.1 Å². The van der Waals surface area contributed by atoms with E-state index in [2.05, 4.69) is 20.4 Å². The van der Waals surface area contributed by atoms with Gasteiger partial charge in [-0.05, 0) is 29.8 Å². The van der Waals surface area contributed by atoms with Crippen LogP contribution in [0.5, 0.6) is 0 Å². The summed E-state index contributed by atoms with van der Waals surface area (Å²) in [5.41, 5.74) is 2.49. The maximum atomic E-state index is 12.9. The molecular formula is C20H14FN5O. The number of hydrogen-bond acceptors (Lipinski definition) is 4. The number of aromatic nitrogens is 4. The monoisotopic (exact) mass is 359 g/mol. The van der Waals surface area contributed by atoms with Crippen molar-refractivity contribution in [2.45, 2.75) is 0 Å². The van der Waals surface area contributed by atoms with Crippen LogP contribution in [0.15, 0.2) is 72.9 Å². The molecule has 27 heavy (non-hydrogen) atoms. The normalized spacial score (nSPS) is 11.1. The first-order valence-electron chi connectivity index (χ1n) is 8.21. The molecule has 0 atom stereocenters. The van der Waals surface area contributed by atoms with Crippen molar-refractivity contribution in [1.82, 2.24) is 19.6 Å². The van der Waals surface area contributed by atoms with Crippen LogP contribution in [-0.2, 0) is 4.79 Å². The van der Waals surface area contributed by atoms with Crippen LogP contribution in [-0.4, -0.2) is 25.5 Å². The third-order valence-electron chi connectivity index (χ3n) is 3.84. The number of carbonyl (C=O) groups excluding carboxylic acids is 1. The van der Waals surface area contributed by atoms with Crippen molar-refractivity contribution < 1.29 is 9.18 Å². The molecule has 0 radical (unpaired) electrons. The van der Waals surface area contributed by atoms with Crippen LogP contribution in [0.1, 0.15) is 5.56 Å². The molecular weight excluding hydrogens is 345 g/mol. The maximum absolute atomic E-state index is 12.9. The number of nitrogens with one attached hydrogen (secondary N) is 1. The summed E-state index contributed by atoms with van der Waals surface area (Å²) in [5, 5.41) is 6.93. The molecule has 132 valence electrons. The molecule has 2 aromatic carbocycles. The Hall–Kier alpha value is -3.87. The summed E-state index contributed by atoms with van der Waals surface area (Å²) in [7, 11) is 0. The van der Waals surface area contributed by atoms with Gasteiger partial charge in [-0.2, -0.15) is 9.50 Å². The number of anilines is 1.